The summed E-state index contributed by atoms with van der Waals surface area (Å²) < 4.78 is 0. The highest BCUT2D eigenvalue weighted by Crippen LogP contribution is 2.23. The number of hydrazine groups is 1. The molecule has 102 valence electrons. The van der Waals surface area contributed by atoms with Gasteiger partial charge in [0.25, 0.3) is 5.91 Å². The average Bonchev–Trinajstić information content (AvgIpc) is 2.71. The number of nitrogens with zero attached hydrogens (tertiary/aromatic N) is 1. The number of hydrogen-bond donors (Lipinski definition) is 2. The molecule has 0 aliphatic heterocycles. The number of amides is 1. The number of hydrogen-bond acceptors (Lipinski definition) is 4. The van der Waals surface area contributed by atoms with Crippen LogP contribution in [0, 0.1) is 6.92 Å². The highest BCUT2D eigenvalue weighted by molar-refractivity contribution is 7.14. The van der Waals surface area contributed by atoms with Gasteiger partial charge in [0.1, 0.15) is 0 Å². The monoisotopic (exact) mass is 269 g/mol. The number of aryl methyl sites for hydroxylation is 1. The predicted molar refractivity (Wildman–Crippen MR) is 76.5 cm³/mol. The third-order valence-corrected chi connectivity index (χ3v) is 4.45. The lowest BCUT2D eigenvalue weighted by atomic mass is 10.1. The van der Waals surface area contributed by atoms with Crippen LogP contribution in [0.5, 0.6) is 0 Å². The number of nitrogens with one attached hydrogen (secondary N) is 1. The Kier molecular flexibility index (Phi) is 5.78. The molecule has 18 heavy (non-hydrogen) atoms. The Hall–Kier alpha value is -0.910. The van der Waals surface area contributed by atoms with E-state index in [4.69, 9.17) is 5.84 Å². The second kappa shape index (κ2) is 6.87. The average molecular weight is 269 g/mol. The summed E-state index contributed by atoms with van der Waals surface area (Å²) in [4.78, 5) is 15.7. The number of thiophene rings is 1. The second-order valence-corrected chi connectivity index (χ2v) is 5.81. The Balaban J connectivity index is 2.78. The van der Waals surface area contributed by atoms with Crippen LogP contribution >= 0.6 is 11.3 Å². The van der Waals surface area contributed by atoms with E-state index in [1.54, 1.807) is 0 Å². The lowest BCUT2D eigenvalue weighted by Crippen LogP contribution is -2.30. The van der Waals surface area contributed by atoms with Crippen molar-refractivity contribution in [2.75, 3.05) is 7.05 Å². The van der Waals surface area contributed by atoms with Crippen LogP contribution in [0.4, 0.5) is 0 Å². The largest absolute Gasteiger partial charge is 0.299 e. The third-order valence-electron chi connectivity index (χ3n) is 3.36. The minimum absolute atomic E-state index is 0.209. The Labute approximate surface area is 113 Å². The van der Waals surface area contributed by atoms with E-state index in [-0.39, 0.29) is 5.91 Å². The molecule has 1 heterocycles. The van der Waals surface area contributed by atoms with Gasteiger partial charge in [0, 0.05) is 17.5 Å². The quantitative estimate of drug-likeness (QED) is 0.473. The molecule has 1 rings (SSSR count). The standard InChI is InChI=1S/C13H23N3OS/c1-5-11(6-2)16(4)8-10-7-12(13(17)15-14)18-9(10)3/h7,11H,5-6,8,14H2,1-4H3,(H,15,17). The van der Waals surface area contributed by atoms with Gasteiger partial charge in [0.15, 0.2) is 0 Å². The van der Waals surface area contributed by atoms with Crippen molar-refractivity contribution >= 4 is 17.2 Å². The molecule has 0 spiro atoms. The van der Waals surface area contributed by atoms with Crippen LogP contribution in [-0.4, -0.2) is 23.9 Å². The molecule has 0 aliphatic carbocycles. The lowest BCUT2D eigenvalue weighted by molar-refractivity contribution is 0.0957. The molecule has 0 fully saturated rings. The van der Waals surface area contributed by atoms with Gasteiger partial charge in [-0.2, -0.15) is 0 Å². The van der Waals surface area contributed by atoms with Crippen molar-refractivity contribution in [3.8, 4) is 0 Å². The molecule has 0 radical (unpaired) electrons. The topological polar surface area (TPSA) is 58.4 Å². The molecule has 0 saturated heterocycles. The summed E-state index contributed by atoms with van der Waals surface area (Å²) in [5, 5.41) is 0. The Morgan fingerprint density at radius 2 is 2.11 bits per heavy atom. The zero-order chi connectivity index (χ0) is 13.7. The fourth-order valence-corrected chi connectivity index (χ4v) is 3.11. The molecule has 1 aromatic rings. The third kappa shape index (κ3) is 3.54. The Morgan fingerprint density at radius 1 is 1.50 bits per heavy atom. The number of carbonyl (C=O) groups is 1. The molecular weight excluding hydrogens is 246 g/mol. The van der Waals surface area contributed by atoms with Crippen molar-refractivity contribution in [2.24, 2.45) is 5.84 Å². The maximum Gasteiger partial charge on any atom is 0.275 e. The first kappa shape index (κ1) is 15.1. The summed E-state index contributed by atoms with van der Waals surface area (Å²) in [6.45, 7) is 7.34. The van der Waals surface area contributed by atoms with Gasteiger partial charge < -0.3 is 0 Å². The summed E-state index contributed by atoms with van der Waals surface area (Å²) in [5.41, 5.74) is 3.39. The highest BCUT2D eigenvalue weighted by Gasteiger charge is 2.15. The van der Waals surface area contributed by atoms with E-state index in [0.29, 0.717) is 10.9 Å². The van der Waals surface area contributed by atoms with E-state index in [1.807, 2.05) is 13.0 Å². The van der Waals surface area contributed by atoms with Gasteiger partial charge in [-0.05, 0) is 38.4 Å². The SMILES string of the molecule is CCC(CC)N(C)Cc1cc(C(=O)NN)sc1C. The lowest BCUT2D eigenvalue weighted by Gasteiger charge is -2.25. The molecule has 0 bridgehead atoms. The second-order valence-electron chi connectivity index (χ2n) is 4.55. The maximum atomic E-state index is 11.5. The van der Waals surface area contributed by atoms with Crippen LogP contribution in [0.1, 0.15) is 46.8 Å². The van der Waals surface area contributed by atoms with Gasteiger partial charge in [-0.3, -0.25) is 15.1 Å². The number of rotatable bonds is 6. The van der Waals surface area contributed by atoms with Crippen molar-refractivity contribution in [1.29, 1.82) is 0 Å². The van der Waals surface area contributed by atoms with Crippen LogP contribution in [0.15, 0.2) is 6.07 Å². The Morgan fingerprint density at radius 3 is 2.61 bits per heavy atom. The molecular formula is C13H23N3OS. The molecule has 1 aromatic heterocycles. The number of nitrogens with two attached hydrogens (primary N) is 1. The summed E-state index contributed by atoms with van der Waals surface area (Å²) in [5.74, 6) is 4.94. The molecule has 3 N–H and O–H groups in total. The number of nitrogen functional groups attached to an aromatic ring is 1. The fourth-order valence-electron chi connectivity index (χ4n) is 2.17. The van der Waals surface area contributed by atoms with Gasteiger partial charge in [0.05, 0.1) is 4.88 Å². The molecule has 0 aromatic carbocycles. The smallest absolute Gasteiger partial charge is 0.275 e. The minimum Gasteiger partial charge on any atom is -0.299 e. The molecule has 0 aliphatic rings. The van der Waals surface area contributed by atoms with E-state index in [1.165, 1.54) is 21.8 Å². The van der Waals surface area contributed by atoms with E-state index >= 15 is 0 Å². The fraction of sp³-hybridized carbons (Fsp3) is 0.615. The van der Waals surface area contributed by atoms with Crippen molar-refractivity contribution in [1.82, 2.24) is 10.3 Å². The zero-order valence-electron chi connectivity index (χ0n) is 11.6. The first-order chi connectivity index (χ1) is 8.53. The van der Waals surface area contributed by atoms with Crippen LogP contribution < -0.4 is 11.3 Å². The predicted octanol–water partition coefficient (Wildman–Crippen LogP) is 2.28. The van der Waals surface area contributed by atoms with Crippen LogP contribution in [-0.2, 0) is 6.54 Å². The maximum absolute atomic E-state index is 11.5. The Bertz CT molecular complexity index is 399. The molecule has 5 heteroatoms. The van der Waals surface area contributed by atoms with E-state index in [0.717, 1.165) is 19.4 Å². The van der Waals surface area contributed by atoms with Crippen LogP contribution in [0.2, 0.25) is 0 Å². The molecule has 0 unspecified atom stereocenters. The van der Waals surface area contributed by atoms with Gasteiger partial charge >= 0.3 is 0 Å². The van der Waals surface area contributed by atoms with E-state index in [2.05, 4.69) is 31.2 Å². The van der Waals surface area contributed by atoms with Crippen molar-refractivity contribution in [3.63, 3.8) is 0 Å². The van der Waals surface area contributed by atoms with E-state index < -0.39 is 0 Å². The number of carbonyl (C=O) groups excluding carboxylic acids is 1. The minimum atomic E-state index is -0.209. The van der Waals surface area contributed by atoms with Gasteiger partial charge in [-0.25, -0.2) is 5.84 Å². The van der Waals surface area contributed by atoms with E-state index in [9.17, 15) is 4.79 Å². The normalized spacial score (nSPS) is 11.3. The zero-order valence-corrected chi connectivity index (χ0v) is 12.4. The summed E-state index contributed by atoms with van der Waals surface area (Å²) in [6, 6.07) is 2.54. The summed E-state index contributed by atoms with van der Waals surface area (Å²) >= 11 is 1.50. The summed E-state index contributed by atoms with van der Waals surface area (Å²) in [6.07, 6.45) is 2.29. The van der Waals surface area contributed by atoms with Gasteiger partial charge in [0.2, 0.25) is 0 Å². The van der Waals surface area contributed by atoms with Crippen LogP contribution in [0.25, 0.3) is 0 Å². The van der Waals surface area contributed by atoms with Crippen molar-refractivity contribution in [3.05, 3.63) is 21.4 Å². The van der Waals surface area contributed by atoms with Crippen molar-refractivity contribution < 1.29 is 4.79 Å². The highest BCUT2D eigenvalue weighted by atomic mass is 32.1. The molecule has 0 atom stereocenters. The van der Waals surface area contributed by atoms with Gasteiger partial charge in [-0.1, -0.05) is 13.8 Å². The molecule has 1 amide bonds. The molecule has 4 nitrogen and oxygen atoms in total. The van der Waals surface area contributed by atoms with Crippen molar-refractivity contribution in [2.45, 2.75) is 46.2 Å². The summed E-state index contributed by atoms with van der Waals surface area (Å²) in [7, 11) is 2.14. The molecule has 0 saturated carbocycles. The van der Waals surface area contributed by atoms with Gasteiger partial charge in [-0.15, -0.1) is 11.3 Å². The first-order valence-electron chi connectivity index (χ1n) is 6.33. The van der Waals surface area contributed by atoms with Crippen LogP contribution in [0.3, 0.4) is 0 Å². The first-order valence-corrected chi connectivity index (χ1v) is 7.15.